The fraction of sp³-hybridized carbons (Fsp3) is 0.400. The summed E-state index contributed by atoms with van der Waals surface area (Å²) in [6.07, 6.45) is 5.12. The standard InChI is InChI=1S/C10H12N2O2S/c1-4-5-11-9(10(13)14-3)8-6-15-7(2)12-8/h1,6,9,11H,5H2,2-3H3. The lowest BCUT2D eigenvalue weighted by atomic mass is 10.2. The number of methoxy groups -OCH3 is 1. The molecule has 1 heterocycles. The molecule has 5 heteroatoms. The van der Waals surface area contributed by atoms with Gasteiger partial charge in [0.15, 0.2) is 6.04 Å². The molecule has 0 spiro atoms. The van der Waals surface area contributed by atoms with E-state index in [0.29, 0.717) is 12.2 Å². The maximum atomic E-state index is 11.4. The van der Waals surface area contributed by atoms with E-state index >= 15 is 0 Å². The van der Waals surface area contributed by atoms with Gasteiger partial charge >= 0.3 is 5.97 Å². The topological polar surface area (TPSA) is 51.2 Å². The number of terminal acetylenes is 1. The molecule has 0 radical (unpaired) electrons. The van der Waals surface area contributed by atoms with Crippen LogP contribution >= 0.6 is 11.3 Å². The molecule has 0 amide bonds. The molecule has 15 heavy (non-hydrogen) atoms. The number of hydrogen-bond donors (Lipinski definition) is 1. The number of esters is 1. The Morgan fingerprint density at radius 3 is 3.07 bits per heavy atom. The van der Waals surface area contributed by atoms with Crippen molar-refractivity contribution in [1.29, 1.82) is 0 Å². The second-order valence-corrected chi connectivity index (χ2v) is 3.89. The Morgan fingerprint density at radius 1 is 1.87 bits per heavy atom. The van der Waals surface area contributed by atoms with Crippen LogP contribution in [0, 0.1) is 19.3 Å². The number of nitrogens with one attached hydrogen (secondary N) is 1. The van der Waals surface area contributed by atoms with Gasteiger partial charge in [-0.3, -0.25) is 5.32 Å². The lowest BCUT2D eigenvalue weighted by molar-refractivity contribution is -0.143. The van der Waals surface area contributed by atoms with Crippen molar-refractivity contribution in [3.05, 3.63) is 16.1 Å². The van der Waals surface area contributed by atoms with Gasteiger partial charge in [0, 0.05) is 5.38 Å². The molecule has 0 bridgehead atoms. The Labute approximate surface area is 92.7 Å². The second-order valence-electron chi connectivity index (χ2n) is 2.83. The minimum absolute atomic E-state index is 0.302. The van der Waals surface area contributed by atoms with Crippen LogP contribution in [0.2, 0.25) is 0 Å². The molecule has 0 saturated heterocycles. The van der Waals surface area contributed by atoms with Crippen LogP contribution in [0.3, 0.4) is 0 Å². The molecular weight excluding hydrogens is 212 g/mol. The first-order valence-corrected chi connectivity index (χ1v) is 5.23. The zero-order valence-corrected chi connectivity index (χ0v) is 9.43. The number of thiazole rings is 1. The van der Waals surface area contributed by atoms with Crippen LogP contribution in [-0.2, 0) is 9.53 Å². The number of carbonyl (C=O) groups is 1. The maximum Gasteiger partial charge on any atom is 0.329 e. The van der Waals surface area contributed by atoms with Gasteiger partial charge in [0.1, 0.15) is 0 Å². The van der Waals surface area contributed by atoms with Crippen molar-refractivity contribution in [3.8, 4) is 12.3 Å². The molecular formula is C10H12N2O2S. The number of rotatable bonds is 4. The number of nitrogens with zero attached hydrogens (tertiary/aromatic N) is 1. The molecule has 0 aliphatic carbocycles. The highest BCUT2D eigenvalue weighted by Crippen LogP contribution is 2.17. The van der Waals surface area contributed by atoms with E-state index in [0.717, 1.165) is 5.01 Å². The molecule has 0 aromatic carbocycles. The second kappa shape index (κ2) is 5.49. The van der Waals surface area contributed by atoms with Crippen molar-refractivity contribution < 1.29 is 9.53 Å². The summed E-state index contributed by atoms with van der Waals surface area (Å²) >= 11 is 1.48. The van der Waals surface area contributed by atoms with Gasteiger partial charge in [-0.2, -0.15) is 0 Å². The van der Waals surface area contributed by atoms with Gasteiger partial charge in [-0.15, -0.1) is 17.8 Å². The maximum absolute atomic E-state index is 11.4. The normalized spacial score (nSPS) is 11.8. The average Bonchev–Trinajstić information content (AvgIpc) is 2.65. The summed E-state index contributed by atoms with van der Waals surface area (Å²) < 4.78 is 4.67. The summed E-state index contributed by atoms with van der Waals surface area (Å²) in [5.74, 6) is 2.03. The van der Waals surface area contributed by atoms with Crippen LogP contribution in [0.5, 0.6) is 0 Å². The van der Waals surface area contributed by atoms with Crippen LogP contribution in [0.25, 0.3) is 0 Å². The van der Waals surface area contributed by atoms with Gasteiger partial charge in [0.05, 0.1) is 24.4 Å². The van der Waals surface area contributed by atoms with E-state index < -0.39 is 6.04 Å². The molecule has 1 N–H and O–H groups in total. The summed E-state index contributed by atoms with van der Waals surface area (Å²) in [5, 5.41) is 5.61. The molecule has 4 nitrogen and oxygen atoms in total. The van der Waals surface area contributed by atoms with Crippen LogP contribution in [0.1, 0.15) is 16.7 Å². The molecule has 1 unspecified atom stereocenters. The first-order chi connectivity index (χ1) is 7.19. The molecule has 1 aromatic heterocycles. The predicted molar refractivity (Wildman–Crippen MR) is 58.4 cm³/mol. The fourth-order valence-electron chi connectivity index (χ4n) is 1.10. The first kappa shape index (κ1) is 11.7. The van der Waals surface area contributed by atoms with Gasteiger partial charge in [-0.05, 0) is 6.92 Å². The smallest absolute Gasteiger partial charge is 0.329 e. The van der Waals surface area contributed by atoms with E-state index in [9.17, 15) is 4.79 Å². The Kier molecular flexibility index (Phi) is 4.28. The molecule has 80 valence electrons. The van der Waals surface area contributed by atoms with Gasteiger partial charge in [-0.25, -0.2) is 9.78 Å². The summed E-state index contributed by atoms with van der Waals surface area (Å²) in [6.45, 7) is 2.18. The van der Waals surface area contributed by atoms with E-state index in [2.05, 4.69) is 21.0 Å². The van der Waals surface area contributed by atoms with E-state index in [1.165, 1.54) is 18.4 Å². The monoisotopic (exact) mass is 224 g/mol. The number of ether oxygens (including phenoxy) is 1. The number of aryl methyl sites for hydroxylation is 1. The summed E-state index contributed by atoms with van der Waals surface area (Å²) in [6, 6.07) is -0.573. The van der Waals surface area contributed by atoms with Crippen molar-refractivity contribution in [2.24, 2.45) is 0 Å². The minimum atomic E-state index is -0.573. The predicted octanol–water partition coefficient (Wildman–Crippen LogP) is 0.888. The third-order valence-corrected chi connectivity index (χ3v) is 2.57. The van der Waals surface area contributed by atoms with Gasteiger partial charge in [-0.1, -0.05) is 5.92 Å². The lowest BCUT2D eigenvalue weighted by Crippen LogP contribution is -2.30. The van der Waals surface area contributed by atoms with E-state index in [-0.39, 0.29) is 5.97 Å². The zero-order chi connectivity index (χ0) is 11.3. The van der Waals surface area contributed by atoms with Gasteiger partial charge in [0.2, 0.25) is 0 Å². The molecule has 1 atom stereocenters. The Balaban J connectivity index is 2.81. The molecule has 0 aliphatic heterocycles. The van der Waals surface area contributed by atoms with Crippen LogP contribution in [0.15, 0.2) is 5.38 Å². The van der Waals surface area contributed by atoms with E-state index in [1.807, 2.05) is 12.3 Å². The van der Waals surface area contributed by atoms with Gasteiger partial charge in [0.25, 0.3) is 0 Å². The first-order valence-electron chi connectivity index (χ1n) is 4.35. The highest BCUT2D eigenvalue weighted by atomic mass is 32.1. The summed E-state index contributed by atoms with van der Waals surface area (Å²) in [4.78, 5) is 15.7. The molecule has 0 fully saturated rings. The third-order valence-electron chi connectivity index (χ3n) is 1.78. The Bertz CT molecular complexity index is 381. The van der Waals surface area contributed by atoms with Crippen molar-refractivity contribution in [2.45, 2.75) is 13.0 Å². The van der Waals surface area contributed by atoms with Crippen molar-refractivity contribution in [1.82, 2.24) is 10.3 Å². The number of hydrogen-bond acceptors (Lipinski definition) is 5. The van der Waals surface area contributed by atoms with Crippen LogP contribution in [-0.4, -0.2) is 24.6 Å². The average molecular weight is 224 g/mol. The zero-order valence-electron chi connectivity index (χ0n) is 8.61. The largest absolute Gasteiger partial charge is 0.468 e. The fourth-order valence-corrected chi connectivity index (χ4v) is 1.74. The van der Waals surface area contributed by atoms with Crippen LogP contribution in [0.4, 0.5) is 0 Å². The highest BCUT2D eigenvalue weighted by Gasteiger charge is 2.22. The minimum Gasteiger partial charge on any atom is -0.468 e. The number of carbonyl (C=O) groups excluding carboxylic acids is 1. The molecule has 0 aliphatic rings. The van der Waals surface area contributed by atoms with Gasteiger partial charge < -0.3 is 4.74 Å². The van der Waals surface area contributed by atoms with E-state index in [1.54, 1.807) is 0 Å². The van der Waals surface area contributed by atoms with Crippen molar-refractivity contribution >= 4 is 17.3 Å². The van der Waals surface area contributed by atoms with Crippen molar-refractivity contribution in [2.75, 3.05) is 13.7 Å². The SMILES string of the molecule is C#CCNC(C(=O)OC)c1csc(C)n1. The third kappa shape index (κ3) is 3.05. The highest BCUT2D eigenvalue weighted by molar-refractivity contribution is 7.09. The number of aromatic nitrogens is 1. The van der Waals surface area contributed by atoms with Crippen LogP contribution < -0.4 is 5.32 Å². The molecule has 1 rings (SSSR count). The quantitative estimate of drug-likeness (QED) is 0.609. The lowest BCUT2D eigenvalue weighted by Gasteiger charge is -2.12. The molecule has 1 aromatic rings. The molecule has 0 saturated carbocycles. The Hall–Kier alpha value is -1.38. The van der Waals surface area contributed by atoms with Crippen molar-refractivity contribution in [3.63, 3.8) is 0 Å². The summed E-state index contributed by atoms with van der Waals surface area (Å²) in [7, 11) is 1.34. The Morgan fingerprint density at radius 2 is 2.60 bits per heavy atom. The summed E-state index contributed by atoms with van der Waals surface area (Å²) in [5.41, 5.74) is 0.652. The van der Waals surface area contributed by atoms with E-state index in [4.69, 9.17) is 6.42 Å².